The Morgan fingerprint density at radius 2 is 1.23 bits per heavy atom. The van der Waals surface area contributed by atoms with Gasteiger partial charge in [-0.1, -0.05) is 81.4 Å². The molecule has 40 heavy (non-hydrogen) atoms. The summed E-state index contributed by atoms with van der Waals surface area (Å²) in [5.41, 5.74) is 3.44. The number of alkyl carbamates (subject to hydrolysis) is 2. The predicted molar refractivity (Wildman–Crippen MR) is 163 cm³/mol. The topological polar surface area (TPSA) is 89.0 Å². The summed E-state index contributed by atoms with van der Waals surface area (Å²) >= 11 is 0. The van der Waals surface area contributed by atoms with E-state index in [1.807, 2.05) is 12.1 Å². The molecule has 7 heteroatoms. The predicted octanol–water partition coefficient (Wildman–Crippen LogP) is 7.75. The molecule has 0 heterocycles. The molecule has 0 spiro atoms. The largest absolute Gasteiger partial charge is 0.444 e. The van der Waals surface area contributed by atoms with E-state index < -0.39 is 23.4 Å². The maximum Gasteiger partial charge on any atom is 0.414 e. The normalized spacial score (nSPS) is 12.0. The van der Waals surface area contributed by atoms with Crippen molar-refractivity contribution in [2.75, 3.05) is 6.54 Å². The summed E-state index contributed by atoms with van der Waals surface area (Å²) in [6.45, 7) is 17.5. The number of hydrogen-bond donors (Lipinski definition) is 2. The first-order chi connectivity index (χ1) is 18.5. The van der Waals surface area contributed by atoms with Gasteiger partial charge in [0.2, 0.25) is 5.96 Å². The van der Waals surface area contributed by atoms with Crippen LogP contribution in [0.25, 0.3) is 21.9 Å². The highest BCUT2D eigenvalue weighted by Crippen LogP contribution is 2.32. The van der Waals surface area contributed by atoms with Crippen molar-refractivity contribution >= 4 is 28.9 Å². The highest BCUT2D eigenvalue weighted by atomic mass is 16.6. The van der Waals surface area contributed by atoms with Crippen LogP contribution in [0.2, 0.25) is 0 Å². The molecule has 0 aromatic heterocycles. The molecular weight excluding hydrogens is 502 g/mol. The lowest BCUT2D eigenvalue weighted by atomic mass is 9.85. The number of carbonyl (C=O) groups excluding carboxylic acids is 2. The average molecular weight is 546 g/mol. The molecule has 0 unspecified atom stereocenters. The second kappa shape index (κ2) is 12.1. The van der Waals surface area contributed by atoms with Crippen LogP contribution in [0.5, 0.6) is 0 Å². The minimum atomic E-state index is -0.713. The fraction of sp³-hybridized carbons (Fsp3) is 0.424. The van der Waals surface area contributed by atoms with Gasteiger partial charge in [0, 0.05) is 6.54 Å². The Kier molecular flexibility index (Phi) is 9.28. The first-order valence-corrected chi connectivity index (χ1v) is 13.7. The van der Waals surface area contributed by atoms with Gasteiger partial charge in [0.25, 0.3) is 0 Å². The van der Waals surface area contributed by atoms with Crippen molar-refractivity contribution in [1.29, 1.82) is 0 Å². The maximum atomic E-state index is 12.4. The summed E-state index contributed by atoms with van der Waals surface area (Å²) in [7, 11) is 0. The van der Waals surface area contributed by atoms with Gasteiger partial charge in [-0.15, -0.1) is 0 Å². The summed E-state index contributed by atoms with van der Waals surface area (Å²) in [5.74, 6) is -0.0247. The Morgan fingerprint density at radius 3 is 1.73 bits per heavy atom. The first-order valence-electron chi connectivity index (χ1n) is 13.7. The van der Waals surface area contributed by atoms with E-state index in [1.54, 1.807) is 41.5 Å². The van der Waals surface area contributed by atoms with E-state index in [0.29, 0.717) is 13.0 Å². The number of amides is 2. The smallest absolute Gasteiger partial charge is 0.414 e. The van der Waals surface area contributed by atoms with Crippen molar-refractivity contribution in [3.8, 4) is 11.1 Å². The molecule has 3 aromatic rings. The molecule has 0 saturated heterocycles. The molecule has 214 valence electrons. The van der Waals surface area contributed by atoms with Crippen LogP contribution in [0.15, 0.2) is 65.7 Å². The minimum Gasteiger partial charge on any atom is -0.444 e. The summed E-state index contributed by atoms with van der Waals surface area (Å²) in [4.78, 5) is 29.2. The number of ether oxygens (including phenoxy) is 2. The van der Waals surface area contributed by atoms with Gasteiger partial charge in [-0.2, -0.15) is 0 Å². The van der Waals surface area contributed by atoms with Crippen molar-refractivity contribution < 1.29 is 19.1 Å². The summed E-state index contributed by atoms with van der Waals surface area (Å²) in [6, 6.07) is 21.3. The molecule has 0 bridgehead atoms. The Balaban J connectivity index is 1.84. The second-order valence-electron chi connectivity index (χ2n) is 12.9. The van der Waals surface area contributed by atoms with E-state index >= 15 is 0 Å². The van der Waals surface area contributed by atoms with Gasteiger partial charge >= 0.3 is 12.2 Å². The number of rotatable bonds is 4. The molecule has 0 fully saturated rings. The van der Waals surface area contributed by atoms with E-state index in [4.69, 9.17) is 9.47 Å². The van der Waals surface area contributed by atoms with Crippen LogP contribution in [0.3, 0.4) is 0 Å². The van der Waals surface area contributed by atoms with Crippen molar-refractivity contribution in [3.63, 3.8) is 0 Å². The van der Waals surface area contributed by atoms with E-state index in [2.05, 4.69) is 84.9 Å². The first kappa shape index (κ1) is 30.7. The third-order valence-electron chi connectivity index (χ3n) is 5.97. The molecule has 0 atom stereocenters. The molecular formula is C33H43N3O4. The number of hydrogen-bond acceptors (Lipinski definition) is 5. The summed E-state index contributed by atoms with van der Waals surface area (Å²) in [6.07, 6.45) is -0.830. The lowest BCUT2D eigenvalue weighted by Gasteiger charge is -2.22. The van der Waals surface area contributed by atoms with Crippen molar-refractivity contribution in [1.82, 2.24) is 10.6 Å². The van der Waals surface area contributed by atoms with E-state index in [1.165, 1.54) is 16.7 Å². The Labute approximate surface area is 238 Å². The highest BCUT2D eigenvalue weighted by Gasteiger charge is 2.21. The molecule has 0 aliphatic carbocycles. The number of benzene rings is 3. The van der Waals surface area contributed by atoms with E-state index in [-0.39, 0.29) is 11.4 Å². The van der Waals surface area contributed by atoms with Crippen LogP contribution in [-0.2, 0) is 21.3 Å². The zero-order chi connectivity index (χ0) is 29.7. The van der Waals surface area contributed by atoms with Crippen molar-refractivity contribution in [3.05, 3.63) is 71.8 Å². The maximum absolute atomic E-state index is 12.4. The van der Waals surface area contributed by atoms with Crippen LogP contribution in [0, 0.1) is 0 Å². The monoisotopic (exact) mass is 545 g/mol. The van der Waals surface area contributed by atoms with E-state index in [9.17, 15) is 9.59 Å². The van der Waals surface area contributed by atoms with Gasteiger partial charge in [0.15, 0.2) is 0 Å². The minimum absolute atomic E-state index is 0.0247. The Bertz CT molecular complexity index is 1340. The lowest BCUT2D eigenvalue weighted by Crippen LogP contribution is -2.47. The van der Waals surface area contributed by atoms with Gasteiger partial charge in [-0.05, 0) is 86.4 Å². The molecule has 3 aromatic carbocycles. The average Bonchev–Trinajstić information content (AvgIpc) is 2.81. The fourth-order valence-corrected chi connectivity index (χ4v) is 4.18. The second-order valence-corrected chi connectivity index (χ2v) is 12.9. The molecule has 3 rings (SSSR count). The summed E-state index contributed by atoms with van der Waals surface area (Å²) in [5, 5.41) is 7.37. The van der Waals surface area contributed by atoms with Crippen molar-refractivity contribution in [2.45, 2.75) is 85.4 Å². The van der Waals surface area contributed by atoms with Crippen LogP contribution in [-0.4, -0.2) is 35.9 Å². The van der Waals surface area contributed by atoms with Gasteiger partial charge in [-0.3, -0.25) is 15.6 Å². The third-order valence-corrected chi connectivity index (χ3v) is 5.97. The standard InChI is InChI=1S/C33H43N3O4/c1-31(2,3)24-17-14-22(15-18-24)26-19-16-23(25-12-10-11-13-27(25)26)20-21-34-28(35-29(37)39-32(4,5)6)36-30(38)40-33(7,8)9/h10-19H,20-21H2,1-9H3,(H2,34,35,36,37,38). The van der Waals surface area contributed by atoms with Crippen LogP contribution >= 0.6 is 0 Å². The Morgan fingerprint density at radius 1 is 0.700 bits per heavy atom. The molecule has 2 amide bonds. The number of nitrogens with zero attached hydrogens (tertiary/aromatic N) is 1. The van der Waals surface area contributed by atoms with Crippen LogP contribution < -0.4 is 10.6 Å². The zero-order valence-electron chi connectivity index (χ0n) is 25.3. The van der Waals surface area contributed by atoms with E-state index in [0.717, 1.165) is 16.3 Å². The molecule has 2 N–H and O–H groups in total. The van der Waals surface area contributed by atoms with Crippen LogP contribution in [0.4, 0.5) is 9.59 Å². The van der Waals surface area contributed by atoms with Gasteiger partial charge in [-0.25, -0.2) is 9.59 Å². The highest BCUT2D eigenvalue weighted by molar-refractivity contribution is 6.01. The third kappa shape index (κ3) is 9.11. The molecule has 0 aliphatic rings. The van der Waals surface area contributed by atoms with Gasteiger partial charge in [0.1, 0.15) is 11.2 Å². The molecule has 0 radical (unpaired) electrons. The Hall–Kier alpha value is -3.87. The lowest BCUT2D eigenvalue weighted by molar-refractivity contribution is 0.0545. The zero-order valence-corrected chi connectivity index (χ0v) is 25.3. The molecule has 0 saturated carbocycles. The molecule has 7 nitrogen and oxygen atoms in total. The van der Waals surface area contributed by atoms with Gasteiger partial charge in [0.05, 0.1) is 0 Å². The fourth-order valence-electron chi connectivity index (χ4n) is 4.18. The number of aliphatic imine (C=N–C) groups is 1. The molecule has 0 aliphatic heterocycles. The number of nitrogens with one attached hydrogen (secondary N) is 2. The number of fused-ring (bicyclic) bond motifs is 1. The number of guanidine groups is 1. The van der Waals surface area contributed by atoms with Gasteiger partial charge < -0.3 is 9.47 Å². The SMILES string of the molecule is CC(C)(C)OC(=O)NC(=NCCc1ccc(-c2ccc(C(C)(C)C)cc2)c2ccccc12)NC(=O)OC(C)(C)C. The van der Waals surface area contributed by atoms with Crippen molar-refractivity contribution in [2.24, 2.45) is 4.99 Å². The quantitative estimate of drug-likeness (QED) is 0.259. The summed E-state index contributed by atoms with van der Waals surface area (Å²) < 4.78 is 10.7. The van der Waals surface area contributed by atoms with Crippen LogP contribution in [0.1, 0.15) is 73.4 Å². The number of carbonyl (C=O) groups is 2.